The van der Waals surface area contributed by atoms with Crippen LogP contribution in [0.5, 0.6) is 0 Å². The molecular formula is C15H20F2N2O. The van der Waals surface area contributed by atoms with Gasteiger partial charge in [0.25, 0.3) is 0 Å². The van der Waals surface area contributed by atoms with Crippen molar-refractivity contribution in [3.63, 3.8) is 0 Å². The SMILES string of the molecule is Fc1ccc(CNC[C@@H]2CN(C3CC3)CCO2)c(F)c1. The first-order chi connectivity index (χ1) is 9.72. The number of rotatable bonds is 5. The van der Waals surface area contributed by atoms with E-state index >= 15 is 0 Å². The van der Waals surface area contributed by atoms with Gasteiger partial charge in [-0.05, 0) is 18.9 Å². The summed E-state index contributed by atoms with van der Waals surface area (Å²) in [4.78, 5) is 2.48. The second kappa shape index (κ2) is 6.16. The molecule has 2 fully saturated rings. The van der Waals surface area contributed by atoms with Gasteiger partial charge in [0.05, 0.1) is 12.7 Å². The summed E-state index contributed by atoms with van der Waals surface area (Å²) in [5.74, 6) is -1.04. The number of hydrogen-bond donors (Lipinski definition) is 1. The molecule has 1 heterocycles. The Balaban J connectivity index is 1.44. The minimum absolute atomic E-state index is 0.160. The summed E-state index contributed by atoms with van der Waals surface area (Å²) in [5.41, 5.74) is 0.487. The number of hydrogen-bond acceptors (Lipinski definition) is 3. The minimum atomic E-state index is -0.540. The fourth-order valence-electron chi connectivity index (χ4n) is 2.67. The zero-order valence-electron chi connectivity index (χ0n) is 11.4. The van der Waals surface area contributed by atoms with E-state index < -0.39 is 11.6 Å². The lowest BCUT2D eigenvalue weighted by molar-refractivity contribution is -0.0301. The maximum absolute atomic E-state index is 13.5. The van der Waals surface area contributed by atoms with Gasteiger partial charge in [-0.15, -0.1) is 0 Å². The number of benzene rings is 1. The van der Waals surface area contributed by atoms with Gasteiger partial charge in [0.15, 0.2) is 0 Å². The molecule has 20 heavy (non-hydrogen) atoms. The molecule has 0 bridgehead atoms. The number of nitrogens with zero attached hydrogens (tertiary/aromatic N) is 1. The minimum Gasteiger partial charge on any atom is -0.374 e. The van der Waals surface area contributed by atoms with Gasteiger partial charge in [0.2, 0.25) is 0 Å². The number of ether oxygens (including phenoxy) is 1. The topological polar surface area (TPSA) is 24.5 Å². The van der Waals surface area contributed by atoms with E-state index in [1.807, 2.05) is 0 Å². The average molecular weight is 282 g/mol. The summed E-state index contributed by atoms with van der Waals surface area (Å²) in [5, 5.41) is 3.20. The third kappa shape index (κ3) is 3.53. The normalized spacial score (nSPS) is 24.0. The number of halogens is 2. The van der Waals surface area contributed by atoms with E-state index in [1.165, 1.54) is 25.0 Å². The number of morpholine rings is 1. The van der Waals surface area contributed by atoms with Crippen LogP contribution in [0.4, 0.5) is 8.78 Å². The standard InChI is InChI=1S/C15H20F2N2O/c16-12-2-1-11(15(17)7-12)8-18-9-14-10-19(5-6-20-14)13-3-4-13/h1-2,7,13-14,18H,3-6,8-10H2/t14-/m1/s1. The summed E-state index contributed by atoms with van der Waals surface area (Å²) in [6.07, 6.45) is 2.77. The van der Waals surface area contributed by atoms with Crippen LogP contribution in [0.25, 0.3) is 0 Å². The van der Waals surface area contributed by atoms with Crippen LogP contribution in [0.15, 0.2) is 18.2 Å². The monoisotopic (exact) mass is 282 g/mol. The molecular weight excluding hydrogens is 262 g/mol. The van der Waals surface area contributed by atoms with E-state index in [2.05, 4.69) is 10.2 Å². The fraction of sp³-hybridized carbons (Fsp3) is 0.600. The van der Waals surface area contributed by atoms with Crippen molar-refractivity contribution >= 4 is 0 Å². The summed E-state index contributed by atoms with van der Waals surface area (Å²) >= 11 is 0. The molecule has 2 aliphatic rings. The van der Waals surface area contributed by atoms with Crippen molar-refractivity contribution < 1.29 is 13.5 Å². The average Bonchev–Trinajstić information content (AvgIpc) is 3.26. The van der Waals surface area contributed by atoms with E-state index in [-0.39, 0.29) is 6.10 Å². The van der Waals surface area contributed by atoms with Gasteiger partial charge >= 0.3 is 0 Å². The van der Waals surface area contributed by atoms with Crippen molar-refractivity contribution in [2.45, 2.75) is 31.5 Å². The number of nitrogens with one attached hydrogen (secondary N) is 1. The molecule has 1 aliphatic carbocycles. The van der Waals surface area contributed by atoms with Crippen LogP contribution in [0.2, 0.25) is 0 Å². The van der Waals surface area contributed by atoms with Crippen molar-refractivity contribution in [3.05, 3.63) is 35.4 Å². The van der Waals surface area contributed by atoms with Crippen LogP contribution in [-0.4, -0.2) is 43.3 Å². The van der Waals surface area contributed by atoms with Crippen LogP contribution < -0.4 is 5.32 Å². The first-order valence-electron chi connectivity index (χ1n) is 7.22. The molecule has 1 aromatic carbocycles. The highest BCUT2D eigenvalue weighted by atomic mass is 19.1. The van der Waals surface area contributed by atoms with Crippen molar-refractivity contribution in [2.24, 2.45) is 0 Å². The smallest absolute Gasteiger partial charge is 0.130 e. The van der Waals surface area contributed by atoms with Gasteiger partial charge in [0, 0.05) is 43.9 Å². The molecule has 1 atom stereocenters. The Morgan fingerprint density at radius 1 is 1.30 bits per heavy atom. The van der Waals surface area contributed by atoms with Gasteiger partial charge in [-0.1, -0.05) is 6.07 Å². The molecule has 1 aromatic rings. The van der Waals surface area contributed by atoms with Gasteiger partial charge in [0.1, 0.15) is 11.6 Å². The van der Waals surface area contributed by atoms with Gasteiger partial charge < -0.3 is 10.1 Å². The van der Waals surface area contributed by atoms with Crippen LogP contribution in [0, 0.1) is 11.6 Å². The highest BCUT2D eigenvalue weighted by molar-refractivity contribution is 5.18. The second-order valence-electron chi connectivity index (χ2n) is 5.59. The molecule has 3 nitrogen and oxygen atoms in total. The van der Waals surface area contributed by atoms with E-state index in [0.29, 0.717) is 18.7 Å². The third-order valence-electron chi connectivity index (χ3n) is 3.94. The van der Waals surface area contributed by atoms with Crippen LogP contribution in [-0.2, 0) is 11.3 Å². The molecule has 3 rings (SSSR count). The second-order valence-corrected chi connectivity index (χ2v) is 5.59. The Kier molecular flexibility index (Phi) is 4.29. The maximum atomic E-state index is 13.5. The lowest BCUT2D eigenvalue weighted by atomic mass is 10.2. The maximum Gasteiger partial charge on any atom is 0.130 e. The zero-order valence-corrected chi connectivity index (χ0v) is 11.4. The molecule has 110 valence electrons. The van der Waals surface area contributed by atoms with Crippen molar-refractivity contribution in [1.82, 2.24) is 10.2 Å². The van der Waals surface area contributed by atoms with E-state index in [4.69, 9.17) is 4.74 Å². The molecule has 1 aliphatic heterocycles. The predicted octanol–water partition coefficient (Wildman–Crippen LogP) is 1.92. The van der Waals surface area contributed by atoms with Crippen LogP contribution >= 0.6 is 0 Å². The first kappa shape index (κ1) is 13.9. The molecule has 0 unspecified atom stereocenters. The summed E-state index contributed by atoms with van der Waals surface area (Å²) in [6, 6.07) is 4.45. The fourth-order valence-corrected chi connectivity index (χ4v) is 2.67. The molecule has 1 saturated carbocycles. The van der Waals surface area contributed by atoms with Crippen LogP contribution in [0.3, 0.4) is 0 Å². The zero-order chi connectivity index (χ0) is 13.9. The third-order valence-corrected chi connectivity index (χ3v) is 3.94. The molecule has 5 heteroatoms. The van der Waals surface area contributed by atoms with Gasteiger partial charge in [-0.2, -0.15) is 0 Å². The van der Waals surface area contributed by atoms with Crippen LogP contribution in [0.1, 0.15) is 18.4 Å². The van der Waals surface area contributed by atoms with Crippen molar-refractivity contribution in [1.29, 1.82) is 0 Å². The Morgan fingerprint density at radius 3 is 2.90 bits per heavy atom. The molecule has 0 spiro atoms. The van der Waals surface area contributed by atoms with Gasteiger partial charge in [-0.25, -0.2) is 8.78 Å². The Labute approximate surface area is 117 Å². The van der Waals surface area contributed by atoms with E-state index in [9.17, 15) is 8.78 Å². The highest BCUT2D eigenvalue weighted by Crippen LogP contribution is 2.28. The Morgan fingerprint density at radius 2 is 2.15 bits per heavy atom. The van der Waals surface area contributed by atoms with E-state index in [1.54, 1.807) is 0 Å². The molecule has 1 saturated heterocycles. The van der Waals surface area contributed by atoms with Gasteiger partial charge in [-0.3, -0.25) is 4.90 Å². The molecule has 0 radical (unpaired) electrons. The summed E-state index contributed by atoms with van der Waals surface area (Å²) < 4.78 is 32.0. The quantitative estimate of drug-likeness (QED) is 0.893. The van der Waals surface area contributed by atoms with Crippen molar-refractivity contribution in [3.8, 4) is 0 Å². The molecule has 0 aromatic heterocycles. The lowest BCUT2D eigenvalue weighted by Crippen LogP contribution is -2.47. The largest absolute Gasteiger partial charge is 0.374 e. The van der Waals surface area contributed by atoms with E-state index in [0.717, 1.165) is 31.8 Å². The van der Waals surface area contributed by atoms with Crippen molar-refractivity contribution in [2.75, 3.05) is 26.2 Å². The molecule has 0 amide bonds. The summed E-state index contributed by atoms with van der Waals surface area (Å²) in [7, 11) is 0. The highest BCUT2D eigenvalue weighted by Gasteiger charge is 2.32. The molecule has 1 N–H and O–H groups in total. The Hall–Kier alpha value is -1.04. The summed E-state index contributed by atoms with van der Waals surface area (Å²) in [6.45, 7) is 3.83. The Bertz CT molecular complexity index is 465. The first-order valence-corrected chi connectivity index (χ1v) is 7.22. The predicted molar refractivity (Wildman–Crippen MR) is 72.4 cm³/mol. The lowest BCUT2D eigenvalue weighted by Gasteiger charge is -2.33.